The maximum Gasteiger partial charge on any atom is 0.416 e. The van der Waals surface area contributed by atoms with Crippen molar-refractivity contribution in [2.45, 2.75) is 6.18 Å². The van der Waals surface area contributed by atoms with Crippen LogP contribution in [0.3, 0.4) is 0 Å². The third-order valence-corrected chi connectivity index (χ3v) is 5.37. The molecule has 0 saturated heterocycles. The van der Waals surface area contributed by atoms with Crippen LogP contribution < -0.4 is 10.6 Å². The van der Waals surface area contributed by atoms with Crippen molar-refractivity contribution in [1.29, 1.82) is 0 Å². The molecular weight excluding hydrogens is 476 g/mol. The van der Waals surface area contributed by atoms with Gasteiger partial charge in [-0.3, -0.25) is 14.7 Å². The van der Waals surface area contributed by atoms with E-state index in [0.29, 0.717) is 23.0 Å². The van der Waals surface area contributed by atoms with Crippen LogP contribution in [-0.4, -0.2) is 25.4 Å². The Morgan fingerprint density at radius 2 is 1.64 bits per heavy atom. The first kappa shape index (κ1) is 23.0. The molecule has 0 aliphatic rings. The molecule has 0 atom stereocenters. The predicted octanol–water partition coefficient (Wildman–Crippen LogP) is 6.26. The minimum absolute atomic E-state index is 0.156. The van der Waals surface area contributed by atoms with Gasteiger partial charge in [0.2, 0.25) is 0 Å². The van der Waals surface area contributed by atoms with E-state index in [4.69, 9.17) is 0 Å². The quantitative estimate of drug-likeness (QED) is 0.290. The number of halogens is 4. The van der Waals surface area contributed by atoms with E-state index >= 15 is 0 Å². The Kier molecular flexibility index (Phi) is 5.80. The van der Waals surface area contributed by atoms with E-state index in [1.54, 1.807) is 29.1 Å². The molecule has 2 amide bonds. The predicted molar refractivity (Wildman–Crippen MR) is 126 cm³/mol. The number of imidazole rings is 1. The average molecular weight is 492 g/mol. The highest BCUT2D eigenvalue weighted by molar-refractivity contribution is 5.99. The van der Waals surface area contributed by atoms with Crippen molar-refractivity contribution in [1.82, 2.24) is 19.4 Å². The fourth-order valence-electron chi connectivity index (χ4n) is 3.64. The Morgan fingerprint density at radius 1 is 0.833 bits per heavy atom. The molecule has 5 rings (SSSR count). The second-order valence-corrected chi connectivity index (χ2v) is 7.72. The minimum Gasteiger partial charge on any atom is -0.305 e. The van der Waals surface area contributed by atoms with Crippen molar-refractivity contribution < 1.29 is 22.4 Å². The summed E-state index contributed by atoms with van der Waals surface area (Å²) in [5, 5.41) is 4.45. The van der Waals surface area contributed by atoms with E-state index in [0.717, 1.165) is 23.4 Å². The zero-order valence-electron chi connectivity index (χ0n) is 18.3. The smallest absolute Gasteiger partial charge is 0.305 e. The number of anilines is 2. The summed E-state index contributed by atoms with van der Waals surface area (Å²) in [6, 6.07) is 12.3. The molecule has 0 fully saturated rings. The Morgan fingerprint density at radius 3 is 2.39 bits per heavy atom. The maximum absolute atomic E-state index is 14.8. The number of aromatic nitrogens is 4. The lowest BCUT2D eigenvalue weighted by Crippen LogP contribution is -2.21. The molecule has 11 heteroatoms. The van der Waals surface area contributed by atoms with Gasteiger partial charge in [-0.2, -0.15) is 13.2 Å². The number of urea groups is 1. The number of alkyl halides is 3. The van der Waals surface area contributed by atoms with Crippen LogP contribution in [0.2, 0.25) is 0 Å². The molecule has 0 aliphatic heterocycles. The molecule has 7 nitrogen and oxygen atoms in total. The summed E-state index contributed by atoms with van der Waals surface area (Å²) in [4.78, 5) is 24.3. The molecule has 4 aromatic heterocycles. The fourth-order valence-corrected chi connectivity index (χ4v) is 3.64. The number of benzene rings is 1. The summed E-state index contributed by atoms with van der Waals surface area (Å²) in [5.74, 6) is -1.06. The first-order valence-corrected chi connectivity index (χ1v) is 10.6. The minimum atomic E-state index is -4.59. The van der Waals surface area contributed by atoms with Crippen LogP contribution >= 0.6 is 0 Å². The largest absolute Gasteiger partial charge is 0.416 e. The summed E-state index contributed by atoms with van der Waals surface area (Å²) in [5.41, 5.74) is 2.62. The monoisotopic (exact) mass is 492 g/mol. The number of pyridine rings is 3. The van der Waals surface area contributed by atoms with Gasteiger partial charge in [0.15, 0.2) is 0 Å². The van der Waals surface area contributed by atoms with E-state index < -0.39 is 23.6 Å². The number of nitrogens with one attached hydrogen (secondary N) is 2. The van der Waals surface area contributed by atoms with Crippen LogP contribution in [0.4, 0.5) is 33.9 Å². The number of nitrogens with zero attached hydrogens (tertiary/aromatic N) is 4. The molecule has 0 saturated carbocycles. The zero-order chi connectivity index (χ0) is 25.3. The van der Waals surface area contributed by atoms with Crippen molar-refractivity contribution in [3.05, 3.63) is 97.0 Å². The highest BCUT2D eigenvalue weighted by Crippen LogP contribution is 2.30. The van der Waals surface area contributed by atoms with Gasteiger partial charge in [-0.15, -0.1) is 0 Å². The number of carbonyl (C=O) groups is 1. The highest BCUT2D eigenvalue weighted by atomic mass is 19.4. The molecule has 0 spiro atoms. The molecule has 4 heterocycles. The Balaban J connectivity index is 1.34. The Labute approximate surface area is 201 Å². The average Bonchev–Trinajstić information content (AvgIpc) is 3.29. The fraction of sp³-hybridized carbons (Fsp3) is 0.0400. The van der Waals surface area contributed by atoms with E-state index in [-0.39, 0.29) is 11.5 Å². The van der Waals surface area contributed by atoms with E-state index in [1.165, 1.54) is 12.1 Å². The first-order chi connectivity index (χ1) is 17.3. The molecule has 0 radical (unpaired) electrons. The highest BCUT2D eigenvalue weighted by Gasteiger charge is 2.30. The molecule has 1 aromatic carbocycles. The number of carbonyl (C=O) groups excluding carboxylic acids is 1. The van der Waals surface area contributed by atoms with Gasteiger partial charge >= 0.3 is 12.2 Å². The van der Waals surface area contributed by atoms with Gasteiger partial charge in [0, 0.05) is 30.4 Å². The third kappa shape index (κ3) is 4.71. The van der Waals surface area contributed by atoms with Gasteiger partial charge in [-0.05, 0) is 59.7 Å². The number of hydrogen-bond donors (Lipinski definition) is 2. The molecule has 5 aromatic rings. The van der Waals surface area contributed by atoms with Crippen LogP contribution in [0.25, 0.3) is 28.0 Å². The van der Waals surface area contributed by atoms with Gasteiger partial charge < -0.3 is 5.32 Å². The number of rotatable bonds is 4. The normalized spacial score (nSPS) is 11.4. The summed E-state index contributed by atoms with van der Waals surface area (Å²) in [6.45, 7) is 0. The number of amides is 2. The van der Waals surface area contributed by atoms with Crippen molar-refractivity contribution in [3.63, 3.8) is 0 Å². The third-order valence-electron chi connectivity index (χ3n) is 5.37. The summed E-state index contributed by atoms with van der Waals surface area (Å²) in [7, 11) is 0. The lowest BCUT2D eigenvalue weighted by molar-refractivity contribution is -0.137. The van der Waals surface area contributed by atoms with E-state index in [9.17, 15) is 22.4 Å². The van der Waals surface area contributed by atoms with Crippen LogP contribution in [0.5, 0.6) is 0 Å². The molecular formula is C25H16F4N6O. The van der Waals surface area contributed by atoms with Gasteiger partial charge in [0.25, 0.3) is 0 Å². The van der Waals surface area contributed by atoms with Crippen LogP contribution in [0.15, 0.2) is 85.6 Å². The topological polar surface area (TPSA) is 84.2 Å². The van der Waals surface area contributed by atoms with Crippen molar-refractivity contribution in [2.75, 3.05) is 10.6 Å². The number of hydrogen-bond acceptors (Lipinski definition) is 4. The standard InChI is InChI=1S/C25H16F4N6O/c26-19-11-17(21-14-32-23-12-16(6-10-35(21)23)15-3-7-30-8-4-15)1-2-20(19)33-24(36)34-22-13-18(5-9-31-22)25(27,28)29/h1-14H,(H2,31,33,34,36). The Hall–Kier alpha value is -4.80. The van der Waals surface area contributed by atoms with Gasteiger partial charge in [0.1, 0.15) is 17.3 Å². The Bertz CT molecular complexity index is 1570. The molecule has 180 valence electrons. The lowest BCUT2D eigenvalue weighted by atomic mass is 10.1. The summed E-state index contributed by atoms with van der Waals surface area (Å²) >= 11 is 0. The van der Waals surface area contributed by atoms with Crippen molar-refractivity contribution in [3.8, 4) is 22.4 Å². The van der Waals surface area contributed by atoms with E-state index in [2.05, 4.69) is 25.6 Å². The summed E-state index contributed by atoms with van der Waals surface area (Å²) < 4.78 is 55.1. The number of fused-ring (bicyclic) bond motifs is 1. The van der Waals surface area contributed by atoms with Crippen LogP contribution in [0, 0.1) is 5.82 Å². The summed E-state index contributed by atoms with van der Waals surface area (Å²) in [6.07, 6.45) is 3.17. The van der Waals surface area contributed by atoms with Crippen LogP contribution in [-0.2, 0) is 6.18 Å². The molecule has 36 heavy (non-hydrogen) atoms. The molecule has 0 bridgehead atoms. The SMILES string of the molecule is O=C(Nc1cc(C(F)(F)F)ccn1)Nc1ccc(-c2cnc3cc(-c4ccncc4)ccn23)cc1F. The zero-order valence-corrected chi connectivity index (χ0v) is 18.3. The van der Waals surface area contributed by atoms with E-state index in [1.807, 2.05) is 30.5 Å². The second-order valence-electron chi connectivity index (χ2n) is 7.72. The van der Waals surface area contributed by atoms with Crippen molar-refractivity contribution >= 4 is 23.2 Å². The van der Waals surface area contributed by atoms with Crippen LogP contribution in [0.1, 0.15) is 5.56 Å². The van der Waals surface area contributed by atoms with Gasteiger partial charge in [-0.1, -0.05) is 6.07 Å². The molecule has 0 unspecified atom stereocenters. The second kappa shape index (κ2) is 9.10. The van der Waals surface area contributed by atoms with Gasteiger partial charge in [-0.25, -0.2) is 19.2 Å². The first-order valence-electron chi connectivity index (χ1n) is 10.6. The molecule has 0 aliphatic carbocycles. The maximum atomic E-state index is 14.8. The molecule has 2 N–H and O–H groups in total. The lowest BCUT2D eigenvalue weighted by Gasteiger charge is -2.11. The van der Waals surface area contributed by atoms with Gasteiger partial charge in [0.05, 0.1) is 23.1 Å². The van der Waals surface area contributed by atoms with Crippen molar-refractivity contribution in [2.24, 2.45) is 0 Å².